The normalized spacial score (nSPS) is 11.0. The number of hydrogen-bond donors (Lipinski definition) is 3. The van der Waals surface area contributed by atoms with Crippen LogP contribution in [0.2, 0.25) is 5.02 Å². The molecule has 136 valence electrons. The molecular formula is C17H13ClFN7O. The first-order valence-electron chi connectivity index (χ1n) is 7.80. The minimum absolute atomic E-state index is 0.139. The van der Waals surface area contributed by atoms with E-state index in [-0.39, 0.29) is 23.0 Å². The number of anilines is 2. The molecule has 4 rings (SSSR count). The van der Waals surface area contributed by atoms with E-state index in [9.17, 15) is 4.39 Å². The lowest BCUT2D eigenvalue weighted by molar-refractivity contribution is 0.303. The lowest BCUT2D eigenvalue weighted by atomic mass is 10.0. The summed E-state index contributed by atoms with van der Waals surface area (Å²) < 4.78 is 20.1. The molecular weight excluding hydrogens is 373 g/mol. The SMILES string of the molecule is Nc1cncc(-c2ccc(F)c(COc3cc(N)nc4n[nH]nc34)c2Cl)c1. The molecule has 5 N–H and O–H groups in total. The van der Waals surface area contributed by atoms with Crippen molar-refractivity contribution in [3.63, 3.8) is 0 Å². The molecule has 0 saturated heterocycles. The maximum Gasteiger partial charge on any atom is 0.207 e. The predicted octanol–water partition coefficient (Wildman–Crippen LogP) is 2.95. The summed E-state index contributed by atoms with van der Waals surface area (Å²) in [5.41, 5.74) is 14.1. The van der Waals surface area contributed by atoms with Gasteiger partial charge in [-0.2, -0.15) is 10.3 Å². The first-order chi connectivity index (χ1) is 13.0. The minimum atomic E-state index is -0.501. The molecule has 0 radical (unpaired) electrons. The number of hydrogen-bond acceptors (Lipinski definition) is 7. The van der Waals surface area contributed by atoms with Gasteiger partial charge in [0.25, 0.3) is 0 Å². The molecule has 0 spiro atoms. The molecule has 0 unspecified atom stereocenters. The van der Waals surface area contributed by atoms with Gasteiger partial charge >= 0.3 is 0 Å². The number of fused-ring (bicyclic) bond motifs is 1. The predicted molar refractivity (Wildman–Crippen MR) is 99.5 cm³/mol. The van der Waals surface area contributed by atoms with E-state index in [1.807, 2.05) is 0 Å². The summed E-state index contributed by atoms with van der Waals surface area (Å²) >= 11 is 6.44. The number of nitrogens with zero attached hydrogens (tertiary/aromatic N) is 4. The van der Waals surface area contributed by atoms with E-state index < -0.39 is 5.82 Å². The minimum Gasteiger partial charge on any atom is -0.486 e. The van der Waals surface area contributed by atoms with Crippen molar-refractivity contribution in [1.29, 1.82) is 0 Å². The molecule has 3 heterocycles. The molecule has 0 aliphatic carbocycles. The van der Waals surface area contributed by atoms with Crippen LogP contribution in [0.5, 0.6) is 5.75 Å². The Kier molecular flexibility index (Phi) is 4.21. The molecule has 4 aromatic rings. The van der Waals surface area contributed by atoms with Crippen molar-refractivity contribution in [2.24, 2.45) is 0 Å². The first-order valence-corrected chi connectivity index (χ1v) is 8.18. The number of aromatic amines is 1. The number of ether oxygens (including phenoxy) is 1. The maximum absolute atomic E-state index is 14.4. The smallest absolute Gasteiger partial charge is 0.207 e. The third kappa shape index (κ3) is 3.20. The van der Waals surface area contributed by atoms with Gasteiger partial charge in [-0.25, -0.2) is 9.37 Å². The molecule has 0 saturated carbocycles. The zero-order chi connectivity index (χ0) is 19.0. The molecule has 0 amide bonds. The second-order valence-corrected chi connectivity index (χ2v) is 6.10. The van der Waals surface area contributed by atoms with Crippen molar-refractivity contribution in [2.45, 2.75) is 6.61 Å². The average Bonchev–Trinajstić information content (AvgIpc) is 3.10. The van der Waals surface area contributed by atoms with Crippen LogP contribution in [-0.4, -0.2) is 25.4 Å². The fourth-order valence-electron chi connectivity index (χ4n) is 2.64. The van der Waals surface area contributed by atoms with Gasteiger partial charge in [-0.05, 0) is 18.2 Å². The van der Waals surface area contributed by atoms with Gasteiger partial charge in [0, 0.05) is 35.2 Å². The molecule has 27 heavy (non-hydrogen) atoms. The van der Waals surface area contributed by atoms with Crippen LogP contribution in [0, 0.1) is 5.82 Å². The number of H-pyrrole nitrogens is 1. The summed E-state index contributed by atoms with van der Waals surface area (Å²) in [5, 5.41) is 10.5. The van der Waals surface area contributed by atoms with E-state index >= 15 is 0 Å². The fraction of sp³-hybridized carbons (Fsp3) is 0.0588. The summed E-state index contributed by atoms with van der Waals surface area (Å²) in [6.07, 6.45) is 3.12. The molecule has 1 aromatic carbocycles. The van der Waals surface area contributed by atoms with Crippen LogP contribution in [0.25, 0.3) is 22.3 Å². The van der Waals surface area contributed by atoms with E-state index in [4.69, 9.17) is 27.8 Å². The second-order valence-electron chi connectivity index (χ2n) is 5.72. The van der Waals surface area contributed by atoms with E-state index in [1.54, 1.807) is 18.3 Å². The summed E-state index contributed by atoms with van der Waals surface area (Å²) in [5.74, 6) is 0.0225. The maximum atomic E-state index is 14.4. The average molecular weight is 386 g/mol. The van der Waals surface area contributed by atoms with Gasteiger partial charge < -0.3 is 16.2 Å². The Bertz CT molecular complexity index is 1150. The van der Waals surface area contributed by atoms with Crippen LogP contribution in [0.15, 0.2) is 36.7 Å². The number of nitrogens with two attached hydrogens (primary N) is 2. The van der Waals surface area contributed by atoms with Crippen LogP contribution in [0.4, 0.5) is 15.9 Å². The number of nitrogen functional groups attached to an aromatic ring is 2. The number of pyridine rings is 2. The van der Waals surface area contributed by atoms with Gasteiger partial charge in [0.2, 0.25) is 5.65 Å². The van der Waals surface area contributed by atoms with Crippen LogP contribution in [0.1, 0.15) is 5.56 Å². The van der Waals surface area contributed by atoms with Crippen LogP contribution in [0.3, 0.4) is 0 Å². The molecule has 0 aliphatic rings. The largest absolute Gasteiger partial charge is 0.486 e. The summed E-state index contributed by atoms with van der Waals surface area (Å²) in [4.78, 5) is 8.06. The van der Waals surface area contributed by atoms with Crippen molar-refractivity contribution < 1.29 is 9.13 Å². The van der Waals surface area contributed by atoms with E-state index in [2.05, 4.69) is 25.4 Å². The van der Waals surface area contributed by atoms with Gasteiger partial charge in [0.1, 0.15) is 18.2 Å². The highest BCUT2D eigenvalue weighted by Crippen LogP contribution is 2.34. The third-order valence-corrected chi connectivity index (χ3v) is 4.34. The van der Waals surface area contributed by atoms with E-state index in [0.717, 1.165) is 0 Å². The standard InChI is InChI=1S/C17H13ClFN7O/c18-15-10(8-3-9(20)6-22-5-8)1-2-12(19)11(15)7-27-13-4-14(21)23-17-16(13)24-26-25-17/h1-6H,7,20H2,(H3,21,23,24,25,26). The van der Waals surface area contributed by atoms with E-state index in [0.29, 0.717) is 33.7 Å². The monoisotopic (exact) mass is 385 g/mol. The Labute approximate surface area is 157 Å². The first kappa shape index (κ1) is 17.0. The Morgan fingerprint density at radius 2 is 2.00 bits per heavy atom. The Balaban J connectivity index is 1.69. The lowest BCUT2D eigenvalue weighted by Gasteiger charge is -2.13. The number of nitrogens with one attached hydrogen (secondary N) is 1. The van der Waals surface area contributed by atoms with Crippen molar-refractivity contribution in [1.82, 2.24) is 25.4 Å². The number of rotatable bonds is 4. The van der Waals surface area contributed by atoms with Crippen LogP contribution in [-0.2, 0) is 6.61 Å². The number of benzene rings is 1. The molecule has 3 aromatic heterocycles. The Hall–Kier alpha value is -3.46. The quantitative estimate of drug-likeness (QED) is 0.492. The van der Waals surface area contributed by atoms with Gasteiger partial charge in [-0.3, -0.25) is 4.98 Å². The van der Waals surface area contributed by atoms with Crippen molar-refractivity contribution in [2.75, 3.05) is 11.5 Å². The zero-order valence-corrected chi connectivity index (χ0v) is 14.5. The zero-order valence-electron chi connectivity index (χ0n) is 13.8. The van der Waals surface area contributed by atoms with Crippen molar-refractivity contribution in [3.8, 4) is 16.9 Å². The highest BCUT2D eigenvalue weighted by molar-refractivity contribution is 6.34. The van der Waals surface area contributed by atoms with Crippen molar-refractivity contribution >= 4 is 34.3 Å². The summed E-state index contributed by atoms with van der Waals surface area (Å²) in [6, 6.07) is 6.08. The number of aromatic nitrogens is 5. The topological polar surface area (TPSA) is 129 Å². The second kappa shape index (κ2) is 6.69. The van der Waals surface area contributed by atoms with Crippen LogP contribution >= 0.6 is 11.6 Å². The van der Waals surface area contributed by atoms with Gasteiger partial charge in [0.15, 0.2) is 11.3 Å². The lowest BCUT2D eigenvalue weighted by Crippen LogP contribution is -2.03. The van der Waals surface area contributed by atoms with Crippen LogP contribution < -0.4 is 16.2 Å². The highest BCUT2D eigenvalue weighted by atomic mass is 35.5. The molecule has 0 bridgehead atoms. The number of halogens is 2. The highest BCUT2D eigenvalue weighted by Gasteiger charge is 2.16. The Morgan fingerprint density at radius 3 is 2.81 bits per heavy atom. The van der Waals surface area contributed by atoms with Gasteiger partial charge in [-0.15, -0.1) is 5.10 Å². The third-order valence-electron chi connectivity index (χ3n) is 3.91. The summed E-state index contributed by atoms with van der Waals surface area (Å²) in [6.45, 7) is -0.139. The Morgan fingerprint density at radius 1 is 1.15 bits per heavy atom. The van der Waals surface area contributed by atoms with Gasteiger partial charge in [0.05, 0.1) is 10.7 Å². The molecule has 10 heteroatoms. The molecule has 0 aliphatic heterocycles. The van der Waals surface area contributed by atoms with Gasteiger partial charge in [-0.1, -0.05) is 11.6 Å². The molecule has 0 atom stereocenters. The summed E-state index contributed by atoms with van der Waals surface area (Å²) in [7, 11) is 0. The molecule has 8 nitrogen and oxygen atoms in total. The van der Waals surface area contributed by atoms with E-state index in [1.165, 1.54) is 18.3 Å². The van der Waals surface area contributed by atoms with Crippen molar-refractivity contribution in [3.05, 3.63) is 53.1 Å². The molecule has 0 fully saturated rings. The fourth-order valence-corrected chi connectivity index (χ4v) is 2.96.